The number of rotatable bonds is 6. The van der Waals surface area contributed by atoms with Crippen molar-refractivity contribution in [2.24, 2.45) is 0 Å². The molecule has 0 aliphatic heterocycles. The van der Waals surface area contributed by atoms with Crippen LogP contribution in [0.4, 0.5) is 0 Å². The van der Waals surface area contributed by atoms with Gasteiger partial charge in [-0.15, -0.1) is 0 Å². The van der Waals surface area contributed by atoms with Gasteiger partial charge in [-0.3, -0.25) is 4.90 Å². The third-order valence-electron chi connectivity index (χ3n) is 2.15. The van der Waals surface area contributed by atoms with Gasteiger partial charge in [-0.05, 0) is 20.4 Å². The van der Waals surface area contributed by atoms with Gasteiger partial charge in [-0.2, -0.15) is 4.98 Å². The average molecular weight is 213 g/mol. The topological polar surface area (TPSA) is 62.4 Å². The van der Waals surface area contributed by atoms with Crippen LogP contribution in [0.2, 0.25) is 0 Å². The van der Waals surface area contributed by atoms with Crippen LogP contribution in [0, 0.1) is 0 Å². The summed E-state index contributed by atoms with van der Waals surface area (Å²) in [4.78, 5) is 6.28. The maximum atomic E-state index is 9.13. The summed E-state index contributed by atoms with van der Waals surface area (Å²) in [6, 6.07) is 0. The Labute approximate surface area is 90.1 Å². The minimum absolute atomic E-state index is 0.260. The minimum atomic E-state index is -0.260. The highest BCUT2D eigenvalue weighted by atomic mass is 16.5. The highest BCUT2D eigenvalue weighted by Gasteiger charge is 2.08. The van der Waals surface area contributed by atoms with Crippen LogP contribution in [0.3, 0.4) is 0 Å². The maximum Gasteiger partial charge on any atom is 0.226 e. The molecule has 0 aliphatic carbocycles. The standard InChI is InChI=1S/C10H19N3O2/c1-4-10-11-9(12-15-10)7-13(3)6-5-8(2)14/h8,14H,4-7H2,1-3H3/t8-/m0/s1. The van der Waals surface area contributed by atoms with Crippen LogP contribution in [-0.2, 0) is 13.0 Å². The van der Waals surface area contributed by atoms with Gasteiger partial charge in [0.2, 0.25) is 5.89 Å². The molecule has 0 radical (unpaired) electrons. The van der Waals surface area contributed by atoms with Gasteiger partial charge in [-0.1, -0.05) is 12.1 Å². The van der Waals surface area contributed by atoms with E-state index in [9.17, 15) is 0 Å². The number of hydrogen-bond donors (Lipinski definition) is 1. The first-order chi connectivity index (χ1) is 7.11. The molecular formula is C10H19N3O2. The second-order valence-corrected chi connectivity index (χ2v) is 3.83. The molecule has 5 heteroatoms. The van der Waals surface area contributed by atoms with Crippen LogP contribution in [0.5, 0.6) is 0 Å². The van der Waals surface area contributed by atoms with Crippen LogP contribution < -0.4 is 0 Å². The molecule has 86 valence electrons. The molecule has 1 rings (SSSR count). The van der Waals surface area contributed by atoms with Crippen molar-refractivity contribution in [3.8, 4) is 0 Å². The predicted octanol–water partition coefficient (Wildman–Crippen LogP) is 0.835. The van der Waals surface area contributed by atoms with E-state index in [4.69, 9.17) is 9.63 Å². The summed E-state index contributed by atoms with van der Waals surface area (Å²) in [5, 5.41) is 13.0. The van der Waals surface area contributed by atoms with Gasteiger partial charge in [0.1, 0.15) is 0 Å². The third-order valence-corrected chi connectivity index (χ3v) is 2.15. The fourth-order valence-electron chi connectivity index (χ4n) is 1.23. The number of nitrogens with zero attached hydrogens (tertiary/aromatic N) is 3. The summed E-state index contributed by atoms with van der Waals surface area (Å²) in [5.41, 5.74) is 0. The number of aliphatic hydroxyl groups is 1. The van der Waals surface area contributed by atoms with E-state index in [1.807, 2.05) is 14.0 Å². The Morgan fingerprint density at radius 3 is 2.80 bits per heavy atom. The molecule has 1 N–H and O–H groups in total. The van der Waals surface area contributed by atoms with Crippen LogP contribution in [0.25, 0.3) is 0 Å². The van der Waals surface area contributed by atoms with E-state index in [1.54, 1.807) is 6.92 Å². The van der Waals surface area contributed by atoms with Crippen molar-refractivity contribution in [1.82, 2.24) is 15.0 Å². The van der Waals surface area contributed by atoms with Crippen LogP contribution >= 0.6 is 0 Å². The Morgan fingerprint density at radius 1 is 1.53 bits per heavy atom. The van der Waals surface area contributed by atoms with Gasteiger partial charge in [0.15, 0.2) is 5.82 Å². The molecule has 0 unspecified atom stereocenters. The first-order valence-electron chi connectivity index (χ1n) is 5.30. The molecule has 1 aromatic rings. The Bertz CT molecular complexity index is 286. The molecule has 0 aromatic carbocycles. The lowest BCUT2D eigenvalue weighted by Gasteiger charge is -2.14. The van der Waals surface area contributed by atoms with E-state index in [2.05, 4.69) is 15.0 Å². The Balaban J connectivity index is 2.33. The normalized spacial score (nSPS) is 13.4. The zero-order chi connectivity index (χ0) is 11.3. The number of aryl methyl sites for hydroxylation is 1. The van der Waals surface area contributed by atoms with Crippen molar-refractivity contribution in [1.29, 1.82) is 0 Å². The monoisotopic (exact) mass is 213 g/mol. The van der Waals surface area contributed by atoms with Crippen molar-refractivity contribution in [2.45, 2.75) is 39.3 Å². The molecule has 1 atom stereocenters. The van der Waals surface area contributed by atoms with E-state index >= 15 is 0 Å². The van der Waals surface area contributed by atoms with Crippen LogP contribution in [0.1, 0.15) is 32.0 Å². The van der Waals surface area contributed by atoms with Gasteiger partial charge in [0.05, 0.1) is 12.6 Å². The zero-order valence-electron chi connectivity index (χ0n) is 9.60. The van der Waals surface area contributed by atoms with Gasteiger partial charge >= 0.3 is 0 Å². The van der Waals surface area contributed by atoms with Crippen LogP contribution in [0.15, 0.2) is 4.52 Å². The molecular weight excluding hydrogens is 194 g/mol. The summed E-state index contributed by atoms with van der Waals surface area (Å²) < 4.78 is 5.00. The fraction of sp³-hybridized carbons (Fsp3) is 0.800. The lowest BCUT2D eigenvalue weighted by atomic mass is 10.3. The fourth-order valence-corrected chi connectivity index (χ4v) is 1.23. The molecule has 1 heterocycles. The Morgan fingerprint density at radius 2 is 2.27 bits per heavy atom. The molecule has 0 aliphatic rings. The van der Waals surface area contributed by atoms with Gasteiger partial charge < -0.3 is 9.63 Å². The molecule has 0 fully saturated rings. The second-order valence-electron chi connectivity index (χ2n) is 3.83. The van der Waals surface area contributed by atoms with Crippen molar-refractivity contribution < 1.29 is 9.63 Å². The second kappa shape index (κ2) is 5.82. The molecule has 1 aromatic heterocycles. The third kappa shape index (κ3) is 4.40. The lowest BCUT2D eigenvalue weighted by Crippen LogP contribution is -2.22. The van der Waals surface area contributed by atoms with Gasteiger partial charge in [-0.25, -0.2) is 0 Å². The zero-order valence-corrected chi connectivity index (χ0v) is 9.60. The summed E-state index contributed by atoms with van der Waals surface area (Å²) in [7, 11) is 1.98. The van der Waals surface area contributed by atoms with E-state index in [-0.39, 0.29) is 6.10 Å². The largest absolute Gasteiger partial charge is 0.393 e. The van der Waals surface area contributed by atoms with E-state index in [0.717, 1.165) is 19.4 Å². The minimum Gasteiger partial charge on any atom is -0.393 e. The first-order valence-corrected chi connectivity index (χ1v) is 5.30. The highest BCUT2D eigenvalue weighted by Crippen LogP contribution is 2.02. The molecule has 15 heavy (non-hydrogen) atoms. The molecule has 5 nitrogen and oxygen atoms in total. The molecule has 0 saturated carbocycles. The summed E-state index contributed by atoms with van der Waals surface area (Å²) in [6.07, 6.45) is 1.27. The van der Waals surface area contributed by atoms with Gasteiger partial charge in [0.25, 0.3) is 0 Å². The number of hydrogen-bond acceptors (Lipinski definition) is 5. The molecule has 0 amide bonds. The smallest absolute Gasteiger partial charge is 0.226 e. The van der Waals surface area contributed by atoms with Crippen molar-refractivity contribution in [3.63, 3.8) is 0 Å². The van der Waals surface area contributed by atoms with Crippen molar-refractivity contribution >= 4 is 0 Å². The van der Waals surface area contributed by atoms with Crippen LogP contribution in [-0.4, -0.2) is 39.8 Å². The SMILES string of the molecule is CCc1nc(CN(C)CC[C@H](C)O)no1. The summed E-state index contributed by atoms with van der Waals surface area (Å²) in [5.74, 6) is 1.38. The molecule has 0 bridgehead atoms. The van der Waals surface area contributed by atoms with Crippen molar-refractivity contribution in [3.05, 3.63) is 11.7 Å². The molecule has 0 spiro atoms. The molecule has 0 saturated heterocycles. The summed E-state index contributed by atoms with van der Waals surface area (Å²) >= 11 is 0. The van der Waals surface area contributed by atoms with E-state index in [0.29, 0.717) is 18.3 Å². The quantitative estimate of drug-likeness (QED) is 0.758. The Hall–Kier alpha value is -0.940. The summed E-state index contributed by atoms with van der Waals surface area (Å²) in [6.45, 7) is 5.26. The van der Waals surface area contributed by atoms with Gasteiger partial charge in [0, 0.05) is 13.0 Å². The maximum absolute atomic E-state index is 9.13. The van der Waals surface area contributed by atoms with Crippen molar-refractivity contribution in [2.75, 3.05) is 13.6 Å². The highest BCUT2D eigenvalue weighted by molar-refractivity contribution is 4.85. The van der Waals surface area contributed by atoms with E-state index < -0.39 is 0 Å². The van der Waals surface area contributed by atoms with E-state index in [1.165, 1.54) is 0 Å². The Kier molecular flexibility index (Phi) is 4.71. The first kappa shape index (κ1) is 12.1. The lowest BCUT2D eigenvalue weighted by molar-refractivity contribution is 0.161. The number of aliphatic hydroxyl groups excluding tert-OH is 1. The predicted molar refractivity (Wildman–Crippen MR) is 56.3 cm³/mol. The average Bonchev–Trinajstić information content (AvgIpc) is 2.62. The number of aromatic nitrogens is 2.